The predicted octanol–water partition coefficient (Wildman–Crippen LogP) is 3.87. The topological polar surface area (TPSA) is 84.2 Å². The summed E-state index contributed by atoms with van der Waals surface area (Å²) < 4.78 is 10.6. The van der Waals surface area contributed by atoms with Crippen molar-refractivity contribution in [2.75, 3.05) is 20.0 Å². The number of carbonyl (C=O) groups is 1. The predicted molar refractivity (Wildman–Crippen MR) is 110 cm³/mol. The lowest BCUT2D eigenvalue weighted by Gasteiger charge is -2.18. The highest BCUT2D eigenvalue weighted by molar-refractivity contribution is 8.00. The van der Waals surface area contributed by atoms with Crippen LogP contribution in [0, 0.1) is 32.1 Å². The van der Waals surface area contributed by atoms with Crippen LogP contribution in [0.15, 0.2) is 23.2 Å². The number of carbonyl (C=O) groups excluding carboxylic acids is 1. The van der Waals surface area contributed by atoms with E-state index in [1.165, 1.54) is 11.8 Å². The molecule has 0 saturated heterocycles. The smallest absolute Gasteiger partial charge is 0.230 e. The van der Waals surface area contributed by atoms with E-state index in [1.54, 1.807) is 14.2 Å². The van der Waals surface area contributed by atoms with Crippen molar-refractivity contribution in [1.82, 2.24) is 10.3 Å². The largest absolute Gasteiger partial charge is 0.497 e. The van der Waals surface area contributed by atoms with Crippen LogP contribution < -0.4 is 14.8 Å². The van der Waals surface area contributed by atoms with Gasteiger partial charge >= 0.3 is 0 Å². The summed E-state index contributed by atoms with van der Waals surface area (Å²) in [5, 5.41) is 13.0. The van der Waals surface area contributed by atoms with Crippen molar-refractivity contribution in [3.05, 3.63) is 46.1 Å². The van der Waals surface area contributed by atoms with Gasteiger partial charge in [-0.3, -0.25) is 4.79 Å². The van der Waals surface area contributed by atoms with E-state index in [0.29, 0.717) is 22.1 Å². The molecule has 1 atom stereocenters. The third-order valence-electron chi connectivity index (χ3n) is 4.70. The molecule has 1 amide bonds. The number of hydrogen-bond acceptors (Lipinski definition) is 6. The minimum atomic E-state index is -0.261. The number of hydrogen-bond donors (Lipinski definition) is 1. The number of nitriles is 1. The van der Waals surface area contributed by atoms with Gasteiger partial charge in [0, 0.05) is 11.3 Å². The summed E-state index contributed by atoms with van der Waals surface area (Å²) in [7, 11) is 3.18. The molecule has 2 rings (SSSR count). The van der Waals surface area contributed by atoms with Gasteiger partial charge in [-0.1, -0.05) is 11.8 Å². The molecule has 0 aliphatic heterocycles. The summed E-state index contributed by atoms with van der Waals surface area (Å²) in [6, 6.07) is 7.41. The summed E-state index contributed by atoms with van der Waals surface area (Å²) >= 11 is 1.27. The van der Waals surface area contributed by atoms with E-state index < -0.39 is 0 Å². The van der Waals surface area contributed by atoms with Crippen LogP contribution in [-0.4, -0.2) is 30.9 Å². The molecule has 0 fully saturated rings. The number of benzene rings is 1. The number of rotatable bonds is 7. The number of ether oxygens (including phenoxy) is 2. The Morgan fingerprint density at radius 1 is 1.25 bits per heavy atom. The van der Waals surface area contributed by atoms with Crippen LogP contribution in [-0.2, 0) is 4.79 Å². The third-order valence-corrected chi connectivity index (χ3v) is 5.67. The van der Waals surface area contributed by atoms with Crippen molar-refractivity contribution in [1.29, 1.82) is 5.26 Å². The maximum absolute atomic E-state index is 12.5. The summed E-state index contributed by atoms with van der Waals surface area (Å²) in [6.45, 7) is 7.65. The summed E-state index contributed by atoms with van der Waals surface area (Å²) in [6.07, 6.45) is 0. The average molecular weight is 400 g/mol. The van der Waals surface area contributed by atoms with Crippen molar-refractivity contribution < 1.29 is 14.3 Å². The number of thioether (sulfide) groups is 1. The number of pyridine rings is 1. The Hall–Kier alpha value is -2.72. The number of methoxy groups -OCH3 is 2. The minimum Gasteiger partial charge on any atom is -0.497 e. The fourth-order valence-electron chi connectivity index (χ4n) is 2.82. The van der Waals surface area contributed by atoms with Gasteiger partial charge in [0.05, 0.1) is 31.6 Å². The van der Waals surface area contributed by atoms with Gasteiger partial charge in [-0.25, -0.2) is 4.98 Å². The third kappa shape index (κ3) is 4.76. The molecule has 28 heavy (non-hydrogen) atoms. The SMILES string of the molecule is COc1ccc(OC)c(C(C)NC(=O)CSc2nc(C)c(C)c(C)c2C#N)c1. The number of aromatic nitrogens is 1. The standard InChI is InChI=1S/C21H25N3O3S/c1-12-13(2)18(10-22)21(24-14(12)3)28-11-20(25)23-15(4)17-9-16(26-5)7-8-19(17)27-6/h7-9,15H,11H2,1-6H3,(H,23,25). The van der Waals surface area contributed by atoms with Crippen LogP contribution in [0.25, 0.3) is 0 Å². The lowest BCUT2D eigenvalue weighted by molar-refractivity contribution is -0.119. The first-order valence-electron chi connectivity index (χ1n) is 8.84. The molecule has 0 saturated carbocycles. The average Bonchev–Trinajstić information content (AvgIpc) is 2.69. The Balaban J connectivity index is 2.11. The fraction of sp³-hybridized carbons (Fsp3) is 0.381. The van der Waals surface area contributed by atoms with E-state index in [2.05, 4.69) is 16.4 Å². The van der Waals surface area contributed by atoms with Gasteiger partial charge < -0.3 is 14.8 Å². The summed E-state index contributed by atoms with van der Waals surface area (Å²) in [4.78, 5) is 17.0. The molecular weight excluding hydrogens is 374 g/mol. The van der Waals surface area contributed by atoms with Crippen molar-refractivity contribution in [3.8, 4) is 17.6 Å². The zero-order valence-corrected chi connectivity index (χ0v) is 17.9. The minimum absolute atomic E-state index is 0.149. The molecule has 1 aromatic carbocycles. The highest BCUT2D eigenvalue weighted by Crippen LogP contribution is 2.30. The van der Waals surface area contributed by atoms with Gasteiger partial charge in [-0.05, 0) is 57.0 Å². The van der Waals surface area contributed by atoms with Gasteiger partial charge in [-0.2, -0.15) is 5.26 Å². The van der Waals surface area contributed by atoms with E-state index in [-0.39, 0.29) is 17.7 Å². The van der Waals surface area contributed by atoms with Gasteiger partial charge in [0.25, 0.3) is 0 Å². The summed E-state index contributed by atoms with van der Waals surface area (Å²) in [5.41, 5.74) is 4.15. The van der Waals surface area contributed by atoms with E-state index in [0.717, 1.165) is 22.4 Å². The molecule has 2 aromatic rings. The van der Waals surface area contributed by atoms with Crippen molar-refractivity contribution >= 4 is 17.7 Å². The van der Waals surface area contributed by atoms with E-state index >= 15 is 0 Å². The Bertz CT molecular complexity index is 922. The zero-order chi connectivity index (χ0) is 20.8. The second-order valence-electron chi connectivity index (χ2n) is 6.42. The zero-order valence-electron chi connectivity index (χ0n) is 17.0. The molecule has 6 nitrogen and oxygen atoms in total. The van der Waals surface area contributed by atoms with Gasteiger partial charge in [0.1, 0.15) is 22.6 Å². The van der Waals surface area contributed by atoms with Crippen LogP contribution in [0.3, 0.4) is 0 Å². The molecule has 0 spiro atoms. The number of amides is 1. The van der Waals surface area contributed by atoms with Crippen LogP contribution >= 0.6 is 11.8 Å². The molecule has 0 aliphatic carbocycles. The normalized spacial score (nSPS) is 11.5. The van der Waals surface area contributed by atoms with E-state index in [4.69, 9.17) is 9.47 Å². The highest BCUT2D eigenvalue weighted by Gasteiger charge is 2.17. The lowest BCUT2D eigenvalue weighted by Crippen LogP contribution is -2.28. The highest BCUT2D eigenvalue weighted by atomic mass is 32.2. The first-order valence-corrected chi connectivity index (χ1v) is 9.82. The molecule has 1 unspecified atom stereocenters. The van der Waals surface area contributed by atoms with Crippen LogP contribution in [0.1, 0.15) is 40.9 Å². The number of nitrogens with zero attached hydrogens (tertiary/aromatic N) is 2. The molecule has 1 N–H and O–H groups in total. The van der Waals surface area contributed by atoms with Crippen LogP contribution in [0.2, 0.25) is 0 Å². The van der Waals surface area contributed by atoms with Gasteiger partial charge in [0.2, 0.25) is 5.91 Å². The maximum atomic E-state index is 12.5. The van der Waals surface area contributed by atoms with E-state index in [1.807, 2.05) is 45.9 Å². The second kappa shape index (κ2) is 9.47. The molecule has 0 radical (unpaired) electrons. The van der Waals surface area contributed by atoms with Crippen LogP contribution in [0.4, 0.5) is 0 Å². The van der Waals surface area contributed by atoms with Crippen molar-refractivity contribution in [3.63, 3.8) is 0 Å². The van der Waals surface area contributed by atoms with Gasteiger partial charge in [-0.15, -0.1) is 0 Å². The summed E-state index contributed by atoms with van der Waals surface area (Å²) in [5.74, 6) is 1.39. The van der Waals surface area contributed by atoms with Crippen LogP contribution in [0.5, 0.6) is 11.5 Å². The number of nitrogens with one attached hydrogen (secondary N) is 1. The molecule has 0 aliphatic rings. The Morgan fingerprint density at radius 2 is 1.96 bits per heavy atom. The van der Waals surface area contributed by atoms with E-state index in [9.17, 15) is 10.1 Å². The van der Waals surface area contributed by atoms with Crippen molar-refractivity contribution in [2.24, 2.45) is 0 Å². The molecule has 7 heteroatoms. The first-order chi connectivity index (χ1) is 13.3. The Morgan fingerprint density at radius 3 is 2.57 bits per heavy atom. The Labute approximate surface area is 170 Å². The molecule has 148 valence electrons. The second-order valence-corrected chi connectivity index (χ2v) is 7.39. The maximum Gasteiger partial charge on any atom is 0.230 e. The number of aryl methyl sites for hydroxylation is 1. The molecule has 0 bridgehead atoms. The lowest BCUT2D eigenvalue weighted by atomic mass is 10.1. The van der Waals surface area contributed by atoms with Crippen molar-refractivity contribution in [2.45, 2.75) is 38.8 Å². The van der Waals surface area contributed by atoms with Gasteiger partial charge in [0.15, 0.2) is 0 Å². The monoisotopic (exact) mass is 399 g/mol. The molecular formula is C21H25N3O3S. The molecule has 1 heterocycles. The Kier molecular flexibility index (Phi) is 7.30. The first kappa shape index (κ1) is 21.6. The molecule has 1 aromatic heterocycles. The fourth-order valence-corrected chi connectivity index (χ4v) is 3.72. The quantitative estimate of drug-likeness (QED) is 0.712.